The quantitative estimate of drug-likeness (QED) is 0.691. The van der Waals surface area contributed by atoms with Crippen molar-refractivity contribution >= 4 is 0 Å². The Bertz CT molecular complexity index is 283. The van der Waals surface area contributed by atoms with Crippen molar-refractivity contribution in [3.63, 3.8) is 0 Å². The Morgan fingerprint density at radius 1 is 1.29 bits per heavy atom. The van der Waals surface area contributed by atoms with Crippen LogP contribution >= 0.6 is 0 Å². The number of hydrogen-bond acceptors (Lipinski definition) is 1. The lowest BCUT2D eigenvalue weighted by Gasteiger charge is -2.18. The molecule has 1 atom stereocenters. The van der Waals surface area contributed by atoms with Gasteiger partial charge in [-0.2, -0.15) is 0 Å². The molecule has 1 unspecified atom stereocenters. The summed E-state index contributed by atoms with van der Waals surface area (Å²) in [4.78, 5) is 4.52. The SMILES string of the molecule is Cc1ccc(C(C)C2CCCC2)nc1. The molecule has 1 aromatic rings. The maximum atomic E-state index is 4.52. The van der Waals surface area contributed by atoms with E-state index in [1.807, 2.05) is 6.20 Å². The summed E-state index contributed by atoms with van der Waals surface area (Å²) >= 11 is 0. The summed E-state index contributed by atoms with van der Waals surface area (Å²) < 4.78 is 0. The number of hydrogen-bond donors (Lipinski definition) is 0. The van der Waals surface area contributed by atoms with Crippen LogP contribution in [0.15, 0.2) is 18.3 Å². The molecule has 0 aliphatic heterocycles. The monoisotopic (exact) mass is 189 g/mol. The van der Waals surface area contributed by atoms with Gasteiger partial charge in [-0.05, 0) is 37.3 Å². The lowest BCUT2D eigenvalue weighted by Crippen LogP contribution is -2.07. The van der Waals surface area contributed by atoms with Gasteiger partial charge in [0.25, 0.3) is 0 Å². The molecule has 1 heterocycles. The van der Waals surface area contributed by atoms with E-state index < -0.39 is 0 Å². The van der Waals surface area contributed by atoms with Crippen molar-refractivity contribution in [3.8, 4) is 0 Å². The first kappa shape index (κ1) is 9.70. The number of aromatic nitrogens is 1. The van der Waals surface area contributed by atoms with Crippen molar-refractivity contribution in [1.29, 1.82) is 0 Å². The van der Waals surface area contributed by atoms with Crippen molar-refractivity contribution in [2.24, 2.45) is 5.92 Å². The fraction of sp³-hybridized carbons (Fsp3) is 0.615. The summed E-state index contributed by atoms with van der Waals surface area (Å²) in [5.41, 5.74) is 2.54. The van der Waals surface area contributed by atoms with Gasteiger partial charge in [0.05, 0.1) is 0 Å². The highest BCUT2D eigenvalue weighted by molar-refractivity contribution is 5.15. The summed E-state index contributed by atoms with van der Waals surface area (Å²) in [6.07, 6.45) is 7.62. The number of pyridine rings is 1. The van der Waals surface area contributed by atoms with Crippen LogP contribution in [0.2, 0.25) is 0 Å². The second-order valence-electron chi connectivity index (χ2n) is 4.59. The molecule has 0 amide bonds. The Morgan fingerprint density at radius 3 is 2.57 bits per heavy atom. The third kappa shape index (κ3) is 1.97. The second kappa shape index (κ2) is 4.12. The van der Waals surface area contributed by atoms with E-state index >= 15 is 0 Å². The molecule has 1 saturated carbocycles. The molecule has 0 saturated heterocycles. The van der Waals surface area contributed by atoms with Gasteiger partial charge in [0.15, 0.2) is 0 Å². The molecule has 1 aromatic heterocycles. The minimum Gasteiger partial charge on any atom is -0.261 e. The molecule has 14 heavy (non-hydrogen) atoms. The predicted molar refractivity (Wildman–Crippen MR) is 59.3 cm³/mol. The van der Waals surface area contributed by atoms with Crippen LogP contribution in [0, 0.1) is 12.8 Å². The zero-order valence-corrected chi connectivity index (χ0v) is 9.16. The average Bonchev–Trinajstić information content (AvgIpc) is 2.71. The summed E-state index contributed by atoms with van der Waals surface area (Å²) in [5, 5.41) is 0. The fourth-order valence-corrected chi connectivity index (χ4v) is 2.45. The zero-order valence-electron chi connectivity index (χ0n) is 9.16. The Labute approximate surface area is 86.6 Å². The minimum atomic E-state index is 0.651. The summed E-state index contributed by atoms with van der Waals surface area (Å²) in [6, 6.07) is 4.37. The van der Waals surface area contributed by atoms with Gasteiger partial charge in [-0.1, -0.05) is 25.8 Å². The zero-order chi connectivity index (χ0) is 9.97. The molecule has 0 radical (unpaired) electrons. The van der Waals surface area contributed by atoms with Gasteiger partial charge in [0.2, 0.25) is 0 Å². The summed E-state index contributed by atoms with van der Waals surface area (Å²) in [6.45, 7) is 4.42. The highest BCUT2D eigenvalue weighted by Crippen LogP contribution is 2.36. The van der Waals surface area contributed by atoms with Gasteiger partial charge in [0, 0.05) is 17.8 Å². The first-order valence-corrected chi connectivity index (χ1v) is 5.70. The first-order chi connectivity index (χ1) is 6.77. The van der Waals surface area contributed by atoms with Crippen LogP contribution in [0.1, 0.15) is 49.8 Å². The third-order valence-corrected chi connectivity index (χ3v) is 3.51. The highest BCUT2D eigenvalue weighted by Gasteiger charge is 2.23. The van der Waals surface area contributed by atoms with E-state index in [0.29, 0.717) is 5.92 Å². The third-order valence-electron chi connectivity index (χ3n) is 3.51. The van der Waals surface area contributed by atoms with Crippen LogP contribution in [0.5, 0.6) is 0 Å². The van der Waals surface area contributed by atoms with Crippen molar-refractivity contribution in [2.75, 3.05) is 0 Å². The van der Waals surface area contributed by atoms with E-state index in [0.717, 1.165) is 5.92 Å². The Morgan fingerprint density at radius 2 is 2.00 bits per heavy atom. The van der Waals surface area contributed by atoms with Crippen LogP contribution in [0.3, 0.4) is 0 Å². The Kier molecular flexibility index (Phi) is 2.85. The molecule has 1 aliphatic rings. The van der Waals surface area contributed by atoms with Crippen LogP contribution in [0.25, 0.3) is 0 Å². The number of aryl methyl sites for hydroxylation is 1. The van der Waals surface area contributed by atoms with Crippen LogP contribution in [-0.4, -0.2) is 4.98 Å². The van der Waals surface area contributed by atoms with Crippen molar-refractivity contribution in [1.82, 2.24) is 4.98 Å². The maximum Gasteiger partial charge on any atom is 0.0434 e. The molecule has 1 heteroatoms. The molecule has 0 bridgehead atoms. The molecule has 1 aliphatic carbocycles. The number of nitrogens with zero attached hydrogens (tertiary/aromatic N) is 1. The van der Waals surface area contributed by atoms with E-state index in [1.165, 1.54) is 36.9 Å². The lowest BCUT2D eigenvalue weighted by atomic mass is 9.89. The van der Waals surface area contributed by atoms with Crippen molar-refractivity contribution < 1.29 is 0 Å². The van der Waals surface area contributed by atoms with E-state index in [2.05, 4.69) is 31.0 Å². The van der Waals surface area contributed by atoms with Gasteiger partial charge in [-0.15, -0.1) is 0 Å². The molecule has 2 rings (SSSR count). The van der Waals surface area contributed by atoms with Gasteiger partial charge >= 0.3 is 0 Å². The lowest BCUT2D eigenvalue weighted by molar-refractivity contribution is 0.453. The van der Waals surface area contributed by atoms with Crippen LogP contribution in [-0.2, 0) is 0 Å². The second-order valence-corrected chi connectivity index (χ2v) is 4.59. The molecular formula is C13H19N. The first-order valence-electron chi connectivity index (χ1n) is 5.70. The maximum absolute atomic E-state index is 4.52. The van der Waals surface area contributed by atoms with Gasteiger partial charge < -0.3 is 0 Å². The van der Waals surface area contributed by atoms with Gasteiger partial charge in [-0.3, -0.25) is 4.98 Å². The van der Waals surface area contributed by atoms with Gasteiger partial charge in [-0.25, -0.2) is 0 Å². The summed E-state index contributed by atoms with van der Waals surface area (Å²) in [5.74, 6) is 1.53. The molecule has 1 fully saturated rings. The van der Waals surface area contributed by atoms with Crippen LogP contribution in [0.4, 0.5) is 0 Å². The highest BCUT2D eigenvalue weighted by atomic mass is 14.7. The molecule has 0 N–H and O–H groups in total. The van der Waals surface area contributed by atoms with E-state index in [9.17, 15) is 0 Å². The standard InChI is InChI=1S/C13H19N/c1-10-7-8-13(14-9-10)11(2)12-5-3-4-6-12/h7-9,11-12H,3-6H2,1-2H3. The van der Waals surface area contributed by atoms with E-state index in [-0.39, 0.29) is 0 Å². The molecule has 0 aromatic carbocycles. The molecule has 1 nitrogen and oxygen atoms in total. The predicted octanol–water partition coefficient (Wildman–Crippen LogP) is 3.68. The normalized spacial score (nSPS) is 19.9. The van der Waals surface area contributed by atoms with Crippen molar-refractivity contribution in [3.05, 3.63) is 29.6 Å². The topological polar surface area (TPSA) is 12.9 Å². The summed E-state index contributed by atoms with van der Waals surface area (Å²) in [7, 11) is 0. The smallest absolute Gasteiger partial charge is 0.0434 e. The van der Waals surface area contributed by atoms with Crippen molar-refractivity contribution in [2.45, 2.75) is 45.4 Å². The average molecular weight is 189 g/mol. The van der Waals surface area contributed by atoms with Crippen LogP contribution < -0.4 is 0 Å². The fourth-order valence-electron chi connectivity index (χ4n) is 2.45. The molecule has 76 valence electrons. The Hall–Kier alpha value is -0.850. The van der Waals surface area contributed by atoms with Gasteiger partial charge in [0.1, 0.15) is 0 Å². The van der Waals surface area contributed by atoms with E-state index in [1.54, 1.807) is 0 Å². The Balaban J connectivity index is 2.09. The largest absolute Gasteiger partial charge is 0.261 e. The molecule has 0 spiro atoms. The number of rotatable bonds is 2. The van der Waals surface area contributed by atoms with E-state index in [4.69, 9.17) is 0 Å². The minimum absolute atomic E-state index is 0.651. The molecular weight excluding hydrogens is 170 g/mol.